The first-order valence-corrected chi connectivity index (χ1v) is 20.8. The van der Waals surface area contributed by atoms with Gasteiger partial charge in [-0.2, -0.15) is 15.2 Å². The molecule has 9 aromatic rings. The molecule has 10 rings (SSSR count). The molecule has 296 valence electrons. The van der Waals surface area contributed by atoms with Gasteiger partial charge in [-0.25, -0.2) is 4.98 Å². The van der Waals surface area contributed by atoms with Gasteiger partial charge in [0.25, 0.3) is 0 Å². The van der Waals surface area contributed by atoms with Crippen molar-refractivity contribution in [2.45, 2.75) is 52.4 Å². The summed E-state index contributed by atoms with van der Waals surface area (Å²) in [6.45, 7) is 13.5. The highest BCUT2D eigenvalue weighted by molar-refractivity contribution is 6.09. The molecular weight excluding hydrogens is 747 g/mol. The van der Waals surface area contributed by atoms with Gasteiger partial charge in [-0.05, 0) is 88.7 Å². The van der Waals surface area contributed by atoms with Crippen LogP contribution in [0.3, 0.4) is 0 Å². The molecule has 0 bridgehead atoms. The van der Waals surface area contributed by atoms with Gasteiger partial charge in [0.1, 0.15) is 6.07 Å². The van der Waals surface area contributed by atoms with Crippen LogP contribution in [0.1, 0.15) is 58.2 Å². The largest absolute Gasteiger partial charge is 0.306 e. The second-order valence-electron chi connectivity index (χ2n) is 17.8. The highest BCUT2D eigenvalue weighted by Crippen LogP contribution is 2.56. The van der Waals surface area contributed by atoms with Crippen LogP contribution in [0.5, 0.6) is 0 Å². The van der Waals surface area contributed by atoms with Gasteiger partial charge in [0.2, 0.25) is 5.95 Å². The number of para-hydroxylation sites is 3. The van der Waals surface area contributed by atoms with Gasteiger partial charge < -0.3 is 9.80 Å². The lowest BCUT2D eigenvalue weighted by Gasteiger charge is -2.42. The minimum atomic E-state index is -0.0869. The van der Waals surface area contributed by atoms with Crippen LogP contribution in [0, 0.1) is 11.3 Å². The van der Waals surface area contributed by atoms with E-state index in [4.69, 9.17) is 15.0 Å². The molecule has 7 nitrogen and oxygen atoms in total. The van der Waals surface area contributed by atoms with Crippen LogP contribution in [0.2, 0.25) is 0 Å². The SMILES string of the molecule is CC(C)(C)c1ccc2c(c1)N(c1ccccc1)c1cc(C(C)(C)C)ccc1N2c1ccc(-c2nc(-c3ccccc3)nc(-n3c4ccccc4c4ccccc43)n2)cc1C#N. The van der Waals surface area contributed by atoms with Crippen molar-refractivity contribution < 1.29 is 0 Å². The van der Waals surface area contributed by atoms with E-state index in [9.17, 15) is 5.26 Å². The van der Waals surface area contributed by atoms with Gasteiger partial charge in [-0.1, -0.05) is 139 Å². The molecule has 3 heterocycles. The van der Waals surface area contributed by atoms with Gasteiger partial charge in [0, 0.05) is 27.6 Å². The third-order valence-electron chi connectivity index (χ3n) is 11.7. The van der Waals surface area contributed by atoms with Gasteiger partial charge in [-0.3, -0.25) is 4.57 Å². The predicted molar refractivity (Wildman–Crippen MR) is 250 cm³/mol. The van der Waals surface area contributed by atoms with Crippen LogP contribution in [-0.4, -0.2) is 19.5 Å². The molecule has 0 unspecified atom stereocenters. The van der Waals surface area contributed by atoms with Gasteiger partial charge in [0.15, 0.2) is 11.6 Å². The maximum Gasteiger partial charge on any atom is 0.238 e. The Morgan fingerprint density at radius 2 is 0.934 bits per heavy atom. The van der Waals surface area contributed by atoms with E-state index in [0.717, 1.165) is 67.1 Å². The van der Waals surface area contributed by atoms with E-state index in [1.165, 1.54) is 11.1 Å². The number of rotatable bonds is 5. The monoisotopic (exact) mass is 791 g/mol. The summed E-state index contributed by atoms with van der Waals surface area (Å²) in [6.07, 6.45) is 0. The average molecular weight is 792 g/mol. The normalized spacial score (nSPS) is 12.7. The average Bonchev–Trinajstić information content (AvgIpc) is 3.62. The Kier molecular flexibility index (Phi) is 8.85. The zero-order valence-corrected chi connectivity index (χ0v) is 35.2. The first-order valence-electron chi connectivity index (χ1n) is 20.8. The van der Waals surface area contributed by atoms with Crippen molar-refractivity contribution in [3.05, 3.63) is 180 Å². The summed E-state index contributed by atoms with van der Waals surface area (Å²) in [6, 6.07) is 59.3. The van der Waals surface area contributed by atoms with Crippen LogP contribution in [-0.2, 0) is 10.8 Å². The minimum Gasteiger partial charge on any atom is -0.306 e. The molecular formula is C54H45N7. The van der Waals surface area contributed by atoms with Crippen LogP contribution in [0.4, 0.5) is 34.1 Å². The van der Waals surface area contributed by atoms with Gasteiger partial charge in [0.05, 0.1) is 45.0 Å². The van der Waals surface area contributed by atoms with Gasteiger partial charge in [-0.15, -0.1) is 0 Å². The summed E-state index contributed by atoms with van der Waals surface area (Å²) in [5, 5.41) is 13.3. The molecule has 1 aliphatic heterocycles. The molecule has 0 fully saturated rings. The van der Waals surface area contributed by atoms with Crippen molar-refractivity contribution in [2.24, 2.45) is 0 Å². The number of nitriles is 1. The highest BCUT2D eigenvalue weighted by atomic mass is 15.3. The number of nitrogens with zero attached hydrogens (tertiary/aromatic N) is 7. The molecule has 0 N–H and O–H groups in total. The quantitative estimate of drug-likeness (QED) is 0.173. The van der Waals surface area contributed by atoms with E-state index in [0.29, 0.717) is 23.2 Å². The van der Waals surface area contributed by atoms with E-state index >= 15 is 0 Å². The predicted octanol–water partition coefficient (Wildman–Crippen LogP) is 14.0. The zero-order chi connectivity index (χ0) is 42.0. The van der Waals surface area contributed by atoms with Crippen LogP contribution >= 0.6 is 0 Å². The fourth-order valence-corrected chi connectivity index (χ4v) is 8.50. The van der Waals surface area contributed by atoms with E-state index in [1.54, 1.807) is 0 Å². The fraction of sp³-hybridized carbons (Fsp3) is 0.148. The molecule has 0 amide bonds. The Hall–Kier alpha value is -7.56. The maximum atomic E-state index is 11.1. The molecule has 0 atom stereocenters. The first-order chi connectivity index (χ1) is 29.5. The van der Waals surface area contributed by atoms with Crippen molar-refractivity contribution in [2.75, 3.05) is 9.80 Å². The minimum absolute atomic E-state index is 0.0869. The topological polar surface area (TPSA) is 73.9 Å². The van der Waals surface area contributed by atoms with Crippen molar-refractivity contribution in [1.29, 1.82) is 5.26 Å². The lowest BCUT2D eigenvalue weighted by atomic mass is 9.84. The lowest BCUT2D eigenvalue weighted by molar-refractivity contribution is 0.590. The van der Waals surface area contributed by atoms with Crippen molar-refractivity contribution in [1.82, 2.24) is 19.5 Å². The number of hydrogen-bond acceptors (Lipinski definition) is 6. The smallest absolute Gasteiger partial charge is 0.238 e. The Morgan fingerprint density at radius 1 is 0.443 bits per heavy atom. The van der Waals surface area contributed by atoms with Crippen molar-refractivity contribution in [3.8, 4) is 34.8 Å². The van der Waals surface area contributed by atoms with Crippen molar-refractivity contribution >= 4 is 55.9 Å². The van der Waals surface area contributed by atoms with E-state index in [-0.39, 0.29) is 10.8 Å². The number of fused-ring (bicyclic) bond motifs is 5. The van der Waals surface area contributed by atoms with Crippen LogP contribution in [0.25, 0.3) is 50.5 Å². The third-order valence-corrected chi connectivity index (χ3v) is 11.7. The molecule has 2 aromatic heterocycles. The number of benzene rings is 7. The second-order valence-corrected chi connectivity index (χ2v) is 17.8. The Balaban J connectivity index is 1.19. The molecule has 0 radical (unpaired) electrons. The second kappa shape index (κ2) is 14.3. The standard InChI is InChI=1S/C54H45N7/c1-53(2,3)38-26-29-46-48(32-38)59(40-19-11-8-12-20-40)49-33-39(54(4,5)6)27-30-47(49)60(46)43-28-25-36(31-37(43)34-55)51-56-50(35-17-9-7-10-18-35)57-52(58-51)61-44-23-15-13-21-41(44)42-22-14-16-24-45(42)61/h7-33H,1-6H3. The first kappa shape index (κ1) is 37.7. The summed E-state index contributed by atoms with van der Waals surface area (Å²) in [5.74, 6) is 1.54. The molecule has 0 aliphatic carbocycles. The maximum absolute atomic E-state index is 11.1. The third kappa shape index (κ3) is 6.48. The fourth-order valence-electron chi connectivity index (χ4n) is 8.50. The molecule has 7 heteroatoms. The molecule has 0 saturated carbocycles. The summed E-state index contributed by atoms with van der Waals surface area (Å²) in [5.41, 5.74) is 12.3. The van der Waals surface area contributed by atoms with E-state index in [2.05, 4.69) is 165 Å². The number of aromatic nitrogens is 4. The summed E-state index contributed by atoms with van der Waals surface area (Å²) >= 11 is 0. The number of anilines is 6. The number of hydrogen-bond donors (Lipinski definition) is 0. The summed E-state index contributed by atoms with van der Waals surface area (Å²) in [7, 11) is 0. The Labute approximate surface area is 356 Å². The molecule has 0 spiro atoms. The molecule has 0 saturated heterocycles. The molecule has 7 aromatic carbocycles. The van der Waals surface area contributed by atoms with Gasteiger partial charge >= 0.3 is 0 Å². The van der Waals surface area contributed by atoms with E-state index in [1.807, 2.05) is 60.7 Å². The molecule has 1 aliphatic rings. The zero-order valence-electron chi connectivity index (χ0n) is 35.2. The summed E-state index contributed by atoms with van der Waals surface area (Å²) < 4.78 is 2.11. The summed E-state index contributed by atoms with van der Waals surface area (Å²) in [4.78, 5) is 20.0. The molecule has 61 heavy (non-hydrogen) atoms. The Morgan fingerprint density at radius 3 is 1.48 bits per heavy atom. The van der Waals surface area contributed by atoms with E-state index < -0.39 is 0 Å². The van der Waals surface area contributed by atoms with Crippen LogP contribution < -0.4 is 9.80 Å². The van der Waals surface area contributed by atoms with Crippen molar-refractivity contribution in [3.63, 3.8) is 0 Å². The van der Waals surface area contributed by atoms with Crippen LogP contribution in [0.15, 0.2) is 164 Å². The highest BCUT2D eigenvalue weighted by Gasteiger charge is 2.34. The lowest BCUT2D eigenvalue weighted by Crippen LogP contribution is -2.26. The Bertz CT molecular complexity index is 3060.